The number of unbranched alkanes of at least 4 members (excludes halogenated alkanes) is 1. The second-order valence-electron chi connectivity index (χ2n) is 7.41. The van der Waals surface area contributed by atoms with Crippen LogP contribution in [0, 0.1) is 0 Å². The van der Waals surface area contributed by atoms with Gasteiger partial charge in [0.25, 0.3) is 11.5 Å². The van der Waals surface area contributed by atoms with Crippen molar-refractivity contribution in [1.82, 2.24) is 19.9 Å². The van der Waals surface area contributed by atoms with Gasteiger partial charge in [-0.15, -0.1) is 0 Å². The second kappa shape index (κ2) is 9.64. The fourth-order valence-electron chi connectivity index (χ4n) is 3.16. The van der Waals surface area contributed by atoms with E-state index in [1.165, 1.54) is 4.57 Å². The van der Waals surface area contributed by atoms with Crippen LogP contribution in [0.2, 0.25) is 0 Å². The predicted octanol–water partition coefficient (Wildman–Crippen LogP) is 1.87. The topological polar surface area (TPSA) is 123 Å². The molecular weight excluding hydrogens is 358 g/mol. The van der Waals surface area contributed by atoms with Crippen LogP contribution < -0.4 is 22.3 Å². The van der Waals surface area contributed by atoms with E-state index in [9.17, 15) is 14.4 Å². The van der Waals surface area contributed by atoms with Crippen molar-refractivity contribution in [2.45, 2.75) is 71.9 Å². The van der Waals surface area contributed by atoms with E-state index in [1.54, 1.807) is 6.07 Å². The van der Waals surface area contributed by atoms with E-state index in [2.05, 4.69) is 22.2 Å². The summed E-state index contributed by atoms with van der Waals surface area (Å²) in [6, 6.07) is 1.48. The van der Waals surface area contributed by atoms with Crippen LogP contribution in [-0.4, -0.2) is 33.0 Å². The summed E-state index contributed by atoms with van der Waals surface area (Å²) in [7, 11) is 0. The lowest BCUT2D eigenvalue weighted by molar-refractivity contribution is 0.0937. The summed E-state index contributed by atoms with van der Waals surface area (Å²) in [6.07, 6.45) is 3.43. The van der Waals surface area contributed by atoms with Crippen LogP contribution in [-0.2, 0) is 6.54 Å². The standard InChI is InChI=1S/C20H31N5O3/c1-5-7-8-13(11-21)22-18(26)14-10-15(12(3)4)23-17-16(14)19(27)24-20(28)25(17)9-6-2/h10,12-13H,5-9,11,21H2,1-4H3,(H,22,26)(H,24,27,28). The minimum Gasteiger partial charge on any atom is -0.348 e. The lowest BCUT2D eigenvalue weighted by Gasteiger charge is -2.18. The zero-order valence-electron chi connectivity index (χ0n) is 17.2. The molecule has 1 atom stereocenters. The van der Waals surface area contributed by atoms with Crippen molar-refractivity contribution >= 4 is 16.9 Å². The van der Waals surface area contributed by atoms with Crippen LogP contribution in [0.1, 0.15) is 75.3 Å². The van der Waals surface area contributed by atoms with Crippen molar-refractivity contribution in [3.8, 4) is 0 Å². The van der Waals surface area contributed by atoms with E-state index in [1.807, 2.05) is 20.8 Å². The van der Waals surface area contributed by atoms with Crippen molar-refractivity contribution in [3.05, 3.63) is 38.2 Å². The molecule has 1 amide bonds. The maximum atomic E-state index is 13.0. The highest BCUT2D eigenvalue weighted by molar-refractivity contribution is 6.05. The third-order valence-electron chi connectivity index (χ3n) is 4.78. The first kappa shape index (κ1) is 21.8. The zero-order chi connectivity index (χ0) is 20.8. The summed E-state index contributed by atoms with van der Waals surface area (Å²) in [5.41, 5.74) is 5.84. The third-order valence-corrected chi connectivity index (χ3v) is 4.78. The average Bonchev–Trinajstić information content (AvgIpc) is 2.66. The molecule has 0 aromatic carbocycles. The predicted molar refractivity (Wildman–Crippen MR) is 111 cm³/mol. The number of aryl methyl sites for hydroxylation is 1. The van der Waals surface area contributed by atoms with Gasteiger partial charge in [-0.05, 0) is 24.8 Å². The van der Waals surface area contributed by atoms with Crippen LogP contribution in [0.4, 0.5) is 0 Å². The average molecular weight is 390 g/mol. The summed E-state index contributed by atoms with van der Waals surface area (Å²) in [5, 5.41) is 3.08. The molecule has 2 rings (SSSR count). The minimum absolute atomic E-state index is 0.0332. The Kier molecular flexibility index (Phi) is 7.51. The number of amides is 1. The van der Waals surface area contributed by atoms with Gasteiger partial charge in [-0.2, -0.15) is 0 Å². The normalized spacial score (nSPS) is 12.5. The molecule has 154 valence electrons. The monoisotopic (exact) mass is 389 g/mol. The first-order chi connectivity index (χ1) is 13.3. The van der Waals surface area contributed by atoms with E-state index in [-0.39, 0.29) is 34.5 Å². The number of hydrogen-bond acceptors (Lipinski definition) is 5. The van der Waals surface area contributed by atoms with E-state index in [4.69, 9.17) is 5.73 Å². The Labute approximate surface area is 164 Å². The molecule has 28 heavy (non-hydrogen) atoms. The van der Waals surface area contributed by atoms with Crippen LogP contribution in [0.15, 0.2) is 15.7 Å². The SMILES string of the molecule is CCCCC(CN)NC(=O)c1cc(C(C)C)nc2c1c(=O)[nH]c(=O)n2CCC. The van der Waals surface area contributed by atoms with Crippen molar-refractivity contribution in [2.24, 2.45) is 5.73 Å². The molecular formula is C20H31N5O3. The molecule has 4 N–H and O–H groups in total. The van der Waals surface area contributed by atoms with Crippen LogP contribution in [0.3, 0.4) is 0 Å². The summed E-state index contributed by atoms with van der Waals surface area (Å²) in [5.74, 6) is -0.334. The van der Waals surface area contributed by atoms with Gasteiger partial charge < -0.3 is 11.1 Å². The number of aromatic amines is 1. The van der Waals surface area contributed by atoms with Crippen molar-refractivity contribution in [1.29, 1.82) is 0 Å². The molecule has 0 radical (unpaired) electrons. The molecule has 8 heteroatoms. The van der Waals surface area contributed by atoms with Gasteiger partial charge in [-0.3, -0.25) is 19.1 Å². The Balaban J connectivity index is 2.66. The van der Waals surface area contributed by atoms with Crippen molar-refractivity contribution < 1.29 is 4.79 Å². The quantitative estimate of drug-likeness (QED) is 0.604. The maximum Gasteiger partial charge on any atom is 0.329 e. The van der Waals surface area contributed by atoms with Gasteiger partial charge in [0.2, 0.25) is 0 Å². The molecule has 2 aromatic heterocycles. The van der Waals surface area contributed by atoms with Crippen LogP contribution in [0.5, 0.6) is 0 Å². The van der Waals surface area contributed by atoms with Crippen molar-refractivity contribution in [3.63, 3.8) is 0 Å². The fourth-order valence-corrected chi connectivity index (χ4v) is 3.16. The first-order valence-corrected chi connectivity index (χ1v) is 10.0. The molecule has 0 saturated carbocycles. The van der Waals surface area contributed by atoms with E-state index in [0.717, 1.165) is 19.3 Å². The molecule has 2 heterocycles. The van der Waals surface area contributed by atoms with Crippen LogP contribution in [0.25, 0.3) is 11.0 Å². The van der Waals surface area contributed by atoms with E-state index >= 15 is 0 Å². The molecule has 0 bridgehead atoms. The van der Waals surface area contributed by atoms with Gasteiger partial charge in [-0.1, -0.05) is 40.5 Å². The number of hydrogen-bond donors (Lipinski definition) is 3. The Morgan fingerprint density at radius 1 is 1.29 bits per heavy atom. The fraction of sp³-hybridized carbons (Fsp3) is 0.600. The summed E-state index contributed by atoms with van der Waals surface area (Å²) in [4.78, 5) is 44.8. The number of carbonyl (C=O) groups excluding carboxylic acids is 1. The summed E-state index contributed by atoms with van der Waals surface area (Å²) in [6.45, 7) is 8.65. The van der Waals surface area contributed by atoms with E-state index < -0.39 is 11.2 Å². The molecule has 0 aliphatic rings. The van der Waals surface area contributed by atoms with Gasteiger partial charge in [0, 0.05) is 24.8 Å². The molecule has 2 aromatic rings. The highest BCUT2D eigenvalue weighted by Gasteiger charge is 2.21. The van der Waals surface area contributed by atoms with Gasteiger partial charge in [0.1, 0.15) is 0 Å². The number of nitrogens with one attached hydrogen (secondary N) is 2. The van der Waals surface area contributed by atoms with Gasteiger partial charge in [-0.25, -0.2) is 9.78 Å². The van der Waals surface area contributed by atoms with Gasteiger partial charge in [0.15, 0.2) is 5.65 Å². The highest BCUT2D eigenvalue weighted by atomic mass is 16.2. The minimum atomic E-state index is -0.599. The zero-order valence-corrected chi connectivity index (χ0v) is 17.2. The molecule has 0 aliphatic heterocycles. The van der Waals surface area contributed by atoms with Gasteiger partial charge in [0.05, 0.1) is 10.9 Å². The van der Waals surface area contributed by atoms with Crippen LogP contribution >= 0.6 is 0 Å². The number of fused-ring (bicyclic) bond motifs is 1. The third kappa shape index (κ3) is 4.67. The van der Waals surface area contributed by atoms with Gasteiger partial charge >= 0.3 is 5.69 Å². The van der Waals surface area contributed by atoms with E-state index in [0.29, 0.717) is 25.2 Å². The number of rotatable bonds is 9. The number of pyridine rings is 1. The second-order valence-corrected chi connectivity index (χ2v) is 7.41. The first-order valence-electron chi connectivity index (χ1n) is 10.0. The lowest BCUT2D eigenvalue weighted by atomic mass is 10.0. The Bertz CT molecular complexity index is 945. The smallest absolute Gasteiger partial charge is 0.329 e. The highest BCUT2D eigenvalue weighted by Crippen LogP contribution is 2.20. The number of H-pyrrole nitrogens is 1. The lowest BCUT2D eigenvalue weighted by Crippen LogP contribution is -2.41. The number of carbonyl (C=O) groups is 1. The number of nitrogens with two attached hydrogens (primary N) is 1. The molecule has 0 spiro atoms. The van der Waals surface area contributed by atoms with Crippen molar-refractivity contribution in [2.75, 3.05) is 6.54 Å². The molecule has 1 unspecified atom stereocenters. The molecule has 8 nitrogen and oxygen atoms in total. The Morgan fingerprint density at radius 2 is 2.00 bits per heavy atom. The molecule has 0 aliphatic carbocycles. The maximum absolute atomic E-state index is 13.0. The largest absolute Gasteiger partial charge is 0.348 e. The number of aromatic nitrogens is 3. The molecule has 0 saturated heterocycles. The Hall–Kier alpha value is -2.48. The number of nitrogens with zero attached hydrogens (tertiary/aromatic N) is 2. The molecule has 0 fully saturated rings. The Morgan fingerprint density at radius 3 is 2.57 bits per heavy atom. The summed E-state index contributed by atoms with van der Waals surface area (Å²) < 4.78 is 1.43. The summed E-state index contributed by atoms with van der Waals surface area (Å²) >= 11 is 0.